The van der Waals surface area contributed by atoms with E-state index >= 15 is 0 Å². The first kappa shape index (κ1) is 13.8. The van der Waals surface area contributed by atoms with E-state index in [0.29, 0.717) is 17.4 Å². The van der Waals surface area contributed by atoms with Crippen LogP contribution in [0.5, 0.6) is 0 Å². The van der Waals surface area contributed by atoms with Crippen LogP contribution >= 0.6 is 0 Å². The van der Waals surface area contributed by atoms with Gasteiger partial charge in [-0.05, 0) is 38.9 Å². The molecule has 104 valence electrons. The van der Waals surface area contributed by atoms with Gasteiger partial charge in [0.25, 0.3) is 0 Å². The Hall–Kier alpha value is -1.62. The van der Waals surface area contributed by atoms with Gasteiger partial charge in [-0.1, -0.05) is 0 Å². The molecule has 0 amide bonds. The molecule has 0 aliphatic carbocycles. The van der Waals surface area contributed by atoms with Gasteiger partial charge in [-0.15, -0.1) is 0 Å². The van der Waals surface area contributed by atoms with Gasteiger partial charge in [-0.25, -0.2) is 9.78 Å². The van der Waals surface area contributed by atoms with E-state index in [1.54, 1.807) is 18.3 Å². The van der Waals surface area contributed by atoms with Crippen molar-refractivity contribution in [2.75, 3.05) is 25.0 Å². The number of aromatic nitrogens is 1. The number of hydrogen-bond donors (Lipinski definition) is 1. The van der Waals surface area contributed by atoms with E-state index in [4.69, 9.17) is 4.74 Å². The molecule has 2 heterocycles. The first-order chi connectivity index (χ1) is 9.09. The van der Waals surface area contributed by atoms with Crippen molar-refractivity contribution in [1.82, 2.24) is 10.3 Å². The number of nitrogens with one attached hydrogen (secondary N) is 1. The second kappa shape index (κ2) is 6.02. The molecule has 5 nitrogen and oxygen atoms in total. The SMILES string of the molecule is CC(C)OC(=O)c1cccnc1N(C)[C@H]1CCNC1. The molecular weight excluding hydrogens is 242 g/mol. The Labute approximate surface area is 114 Å². The summed E-state index contributed by atoms with van der Waals surface area (Å²) >= 11 is 0. The van der Waals surface area contributed by atoms with Crippen LogP contribution in [0.25, 0.3) is 0 Å². The summed E-state index contributed by atoms with van der Waals surface area (Å²) < 4.78 is 5.27. The Kier molecular flexibility index (Phi) is 4.37. The number of pyridine rings is 1. The average molecular weight is 263 g/mol. The van der Waals surface area contributed by atoms with Crippen LogP contribution in [0.15, 0.2) is 18.3 Å². The van der Waals surface area contributed by atoms with E-state index in [2.05, 4.69) is 15.2 Å². The highest BCUT2D eigenvalue weighted by atomic mass is 16.5. The highest BCUT2D eigenvalue weighted by molar-refractivity contribution is 5.94. The van der Waals surface area contributed by atoms with Crippen molar-refractivity contribution >= 4 is 11.8 Å². The summed E-state index contributed by atoms with van der Waals surface area (Å²) in [7, 11) is 1.98. The molecular formula is C14H21N3O2. The smallest absolute Gasteiger partial charge is 0.342 e. The predicted octanol–water partition coefficient (Wildman–Crippen LogP) is 1.44. The molecule has 0 aromatic carbocycles. The van der Waals surface area contributed by atoms with Crippen LogP contribution in [0.3, 0.4) is 0 Å². The molecule has 0 spiro atoms. The Morgan fingerprint density at radius 1 is 1.58 bits per heavy atom. The fourth-order valence-electron chi connectivity index (χ4n) is 2.26. The Morgan fingerprint density at radius 3 is 3.00 bits per heavy atom. The van der Waals surface area contributed by atoms with Gasteiger partial charge >= 0.3 is 5.97 Å². The van der Waals surface area contributed by atoms with E-state index in [9.17, 15) is 4.79 Å². The monoisotopic (exact) mass is 263 g/mol. The summed E-state index contributed by atoms with van der Waals surface area (Å²) in [4.78, 5) is 18.5. The maximum atomic E-state index is 12.1. The van der Waals surface area contributed by atoms with E-state index in [-0.39, 0.29) is 12.1 Å². The zero-order valence-electron chi connectivity index (χ0n) is 11.7. The minimum atomic E-state index is -0.309. The van der Waals surface area contributed by atoms with E-state index < -0.39 is 0 Å². The number of anilines is 1. The number of nitrogens with zero attached hydrogens (tertiary/aromatic N) is 2. The van der Waals surface area contributed by atoms with E-state index in [0.717, 1.165) is 19.5 Å². The van der Waals surface area contributed by atoms with Gasteiger partial charge in [0.2, 0.25) is 0 Å². The standard InChI is InChI=1S/C14H21N3O2/c1-10(2)19-14(18)12-5-4-7-16-13(12)17(3)11-6-8-15-9-11/h4-5,7,10-11,15H,6,8-9H2,1-3H3/t11-/m0/s1. The lowest BCUT2D eigenvalue weighted by Crippen LogP contribution is -2.35. The molecule has 5 heteroatoms. The predicted molar refractivity (Wildman–Crippen MR) is 74.5 cm³/mol. The van der Waals surface area contributed by atoms with Gasteiger partial charge in [0.05, 0.1) is 6.10 Å². The van der Waals surface area contributed by atoms with Crippen molar-refractivity contribution in [1.29, 1.82) is 0 Å². The third-order valence-corrected chi connectivity index (χ3v) is 3.27. The van der Waals surface area contributed by atoms with Crippen molar-refractivity contribution in [3.63, 3.8) is 0 Å². The van der Waals surface area contributed by atoms with Gasteiger partial charge in [-0.3, -0.25) is 0 Å². The van der Waals surface area contributed by atoms with Crippen LogP contribution in [0.1, 0.15) is 30.6 Å². The quantitative estimate of drug-likeness (QED) is 0.833. The number of esters is 1. The summed E-state index contributed by atoms with van der Waals surface area (Å²) in [6.45, 7) is 5.62. The maximum absolute atomic E-state index is 12.1. The Bertz CT molecular complexity index is 442. The normalized spacial score (nSPS) is 18.6. The van der Waals surface area contributed by atoms with Gasteiger partial charge in [0.1, 0.15) is 11.4 Å². The second-order valence-electron chi connectivity index (χ2n) is 5.09. The molecule has 2 rings (SSSR count). The van der Waals surface area contributed by atoms with Crippen molar-refractivity contribution in [2.24, 2.45) is 0 Å². The maximum Gasteiger partial charge on any atom is 0.342 e. The highest BCUT2D eigenvalue weighted by Crippen LogP contribution is 2.21. The van der Waals surface area contributed by atoms with Crippen LogP contribution in [-0.2, 0) is 4.74 Å². The molecule has 1 aliphatic heterocycles. The molecule has 1 aromatic heterocycles. The minimum Gasteiger partial charge on any atom is -0.459 e. The number of hydrogen-bond acceptors (Lipinski definition) is 5. The number of likely N-dealkylation sites (N-methyl/N-ethyl adjacent to an activating group) is 1. The first-order valence-corrected chi connectivity index (χ1v) is 6.69. The van der Waals surface area contributed by atoms with Gasteiger partial charge in [0.15, 0.2) is 0 Å². The molecule has 1 aromatic rings. The molecule has 1 aliphatic rings. The molecule has 0 radical (unpaired) electrons. The fraction of sp³-hybridized carbons (Fsp3) is 0.571. The zero-order chi connectivity index (χ0) is 13.8. The lowest BCUT2D eigenvalue weighted by molar-refractivity contribution is 0.0378. The lowest BCUT2D eigenvalue weighted by atomic mass is 10.2. The second-order valence-corrected chi connectivity index (χ2v) is 5.09. The highest BCUT2D eigenvalue weighted by Gasteiger charge is 2.24. The van der Waals surface area contributed by atoms with Crippen molar-refractivity contribution in [2.45, 2.75) is 32.4 Å². The van der Waals surface area contributed by atoms with E-state index in [1.807, 2.05) is 20.9 Å². The third-order valence-electron chi connectivity index (χ3n) is 3.27. The molecule has 0 saturated carbocycles. The summed E-state index contributed by atoms with van der Waals surface area (Å²) in [5.74, 6) is 0.387. The summed E-state index contributed by atoms with van der Waals surface area (Å²) in [6.07, 6.45) is 2.64. The number of carbonyl (C=O) groups excluding carboxylic acids is 1. The largest absolute Gasteiger partial charge is 0.459 e. The van der Waals surface area contributed by atoms with Crippen LogP contribution in [0, 0.1) is 0 Å². The molecule has 1 saturated heterocycles. The number of ether oxygens (including phenoxy) is 1. The van der Waals surface area contributed by atoms with Gasteiger partial charge < -0.3 is 15.0 Å². The Morgan fingerprint density at radius 2 is 2.37 bits per heavy atom. The fourth-order valence-corrected chi connectivity index (χ4v) is 2.26. The molecule has 19 heavy (non-hydrogen) atoms. The van der Waals surface area contributed by atoms with Crippen LogP contribution in [0.2, 0.25) is 0 Å². The Balaban J connectivity index is 2.22. The molecule has 0 bridgehead atoms. The van der Waals surface area contributed by atoms with Crippen LogP contribution < -0.4 is 10.2 Å². The van der Waals surface area contributed by atoms with Crippen molar-refractivity contribution < 1.29 is 9.53 Å². The van der Waals surface area contributed by atoms with Crippen molar-refractivity contribution in [3.8, 4) is 0 Å². The van der Waals surface area contributed by atoms with Crippen LogP contribution in [0.4, 0.5) is 5.82 Å². The average Bonchev–Trinajstić information content (AvgIpc) is 2.91. The molecule has 1 fully saturated rings. The number of carbonyl (C=O) groups is 1. The summed E-state index contributed by atoms with van der Waals surface area (Å²) in [5.41, 5.74) is 0.533. The zero-order valence-corrected chi connectivity index (χ0v) is 11.7. The molecule has 1 N–H and O–H groups in total. The lowest BCUT2D eigenvalue weighted by Gasteiger charge is -2.26. The topological polar surface area (TPSA) is 54.5 Å². The molecule has 0 unspecified atom stereocenters. The number of rotatable bonds is 4. The molecule has 1 atom stereocenters. The summed E-state index contributed by atoms with van der Waals surface area (Å²) in [5, 5.41) is 3.32. The minimum absolute atomic E-state index is 0.126. The van der Waals surface area contributed by atoms with E-state index in [1.165, 1.54) is 0 Å². The van der Waals surface area contributed by atoms with Gasteiger partial charge in [0, 0.05) is 25.8 Å². The van der Waals surface area contributed by atoms with Crippen LogP contribution in [-0.4, -0.2) is 43.2 Å². The van der Waals surface area contributed by atoms with Gasteiger partial charge in [-0.2, -0.15) is 0 Å². The third kappa shape index (κ3) is 3.23. The van der Waals surface area contributed by atoms with Crippen molar-refractivity contribution in [3.05, 3.63) is 23.9 Å². The summed E-state index contributed by atoms with van der Waals surface area (Å²) in [6, 6.07) is 3.91. The first-order valence-electron chi connectivity index (χ1n) is 6.69.